The fraction of sp³-hybridized carbons (Fsp3) is 0.588. The number of benzene rings is 1. The molecule has 0 radical (unpaired) electrons. The third-order valence-corrected chi connectivity index (χ3v) is 4.04. The van der Waals surface area contributed by atoms with Gasteiger partial charge in [0, 0.05) is 12.3 Å². The molecule has 1 N–H and O–H groups in total. The van der Waals surface area contributed by atoms with Crippen LogP contribution in [0.3, 0.4) is 0 Å². The standard InChI is InChI=1S/C17H23NO3/c1-11(2)16(18-17(19)12-4-5-12)13-6-7-14-15(10-13)21-9-3-8-20-14/h6-7,10-12,16H,3-5,8-9H2,1-2H3,(H,18,19)/t16-/m1/s1. The molecule has 3 rings (SSSR count). The van der Waals surface area contributed by atoms with E-state index in [1.54, 1.807) is 0 Å². The van der Waals surface area contributed by atoms with E-state index in [4.69, 9.17) is 9.47 Å². The van der Waals surface area contributed by atoms with E-state index in [1.807, 2.05) is 18.2 Å². The summed E-state index contributed by atoms with van der Waals surface area (Å²) in [6.07, 6.45) is 2.95. The normalized spacial score (nSPS) is 19.0. The Morgan fingerprint density at radius 3 is 2.57 bits per heavy atom. The highest BCUT2D eigenvalue weighted by molar-refractivity contribution is 5.81. The van der Waals surface area contributed by atoms with Crippen molar-refractivity contribution in [2.24, 2.45) is 11.8 Å². The summed E-state index contributed by atoms with van der Waals surface area (Å²) in [6.45, 7) is 5.62. The van der Waals surface area contributed by atoms with Crippen LogP contribution >= 0.6 is 0 Å². The van der Waals surface area contributed by atoms with Gasteiger partial charge in [-0.2, -0.15) is 0 Å². The second-order valence-electron chi connectivity index (χ2n) is 6.26. The molecule has 1 aliphatic carbocycles. The molecule has 1 heterocycles. The van der Waals surface area contributed by atoms with Gasteiger partial charge in [0.25, 0.3) is 0 Å². The van der Waals surface area contributed by atoms with Crippen molar-refractivity contribution in [3.05, 3.63) is 23.8 Å². The van der Waals surface area contributed by atoms with E-state index in [9.17, 15) is 4.79 Å². The van der Waals surface area contributed by atoms with Gasteiger partial charge in [-0.25, -0.2) is 0 Å². The molecule has 1 amide bonds. The Morgan fingerprint density at radius 2 is 1.90 bits per heavy atom. The predicted molar refractivity (Wildman–Crippen MR) is 80.5 cm³/mol. The molecule has 4 nitrogen and oxygen atoms in total. The topological polar surface area (TPSA) is 47.6 Å². The molecule has 0 aromatic heterocycles. The molecule has 114 valence electrons. The summed E-state index contributed by atoms with van der Waals surface area (Å²) in [6, 6.07) is 6.02. The minimum atomic E-state index is 0.0234. The van der Waals surface area contributed by atoms with E-state index >= 15 is 0 Å². The van der Waals surface area contributed by atoms with Crippen LogP contribution in [-0.2, 0) is 4.79 Å². The van der Waals surface area contributed by atoms with E-state index in [-0.39, 0.29) is 17.9 Å². The van der Waals surface area contributed by atoms with Gasteiger partial charge in [0.1, 0.15) is 0 Å². The monoisotopic (exact) mass is 289 g/mol. The van der Waals surface area contributed by atoms with Crippen LogP contribution in [0.1, 0.15) is 44.7 Å². The lowest BCUT2D eigenvalue weighted by molar-refractivity contribution is -0.123. The third-order valence-electron chi connectivity index (χ3n) is 4.04. The molecule has 21 heavy (non-hydrogen) atoms. The second-order valence-corrected chi connectivity index (χ2v) is 6.26. The van der Waals surface area contributed by atoms with Gasteiger partial charge in [0.2, 0.25) is 5.91 Å². The van der Waals surface area contributed by atoms with Crippen LogP contribution in [0.25, 0.3) is 0 Å². The molecule has 0 spiro atoms. The zero-order valence-electron chi connectivity index (χ0n) is 12.7. The second kappa shape index (κ2) is 5.96. The van der Waals surface area contributed by atoms with Crippen molar-refractivity contribution >= 4 is 5.91 Å². The molecule has 1 aliphatic heterocycles. The van der Waals surface area contributed by atoms with Crippen LogP contribution in [0.4, 0.5) is 0 Å². The molecule has 1 atom stereocenters. The highest BCUT2D eigenvalue weighted by atomic mass is 16.5. The quantitative estimate of drug-likeness (QED) is 0.926. The number of hydrogen-bond donors (Lipinski definition) is 1. The van der Waals surface area contributed by atoms with Crippen molar-refractivity contribution in [2.75, 3.05) is 13.2 Å². The van der Waals surface area contributed by atoms with Crippen molar-refractivity contribution in [2.45, 2.75) is 39.2 Å². The fourth-order valence-corrected chi connectivity index (χ4v) is 2.62. The summed E-state index contributed by atoms with van der Waals surface area (Å²) in [5.41, 5.74) is 1.09. The summed E-state index contributed by atoms with van der Waals surface area (Å²) in [5.74, 6) is 2.33. The van der Waals surface area contributed by atoms with Gasteiger partial charge in [0.05, 0.1) is 19.3 Å². The lowest BCUT2D eigenvalue weighted by Gasteiger charge is -2.24. The predicted octanol–water partition coefficient (Wildman–Crippen LogP) is 3.07. The lowest BCUT2D eigenvalue weighted by atomic mass is 9.95. The molecule has 1 aromatic carbocycles. The molecular weight excluding hydrogens is 266 g/mol. The maximum absolute atomic E-state index is 12.1. The van der Waals surface area contributed by atoms with E-state index in [0.717, 1.165) is 36.3 Å². The third kappa shape index (κ3) is 3.31. The highest BCUT2D eigenvalue weighted by Gasteiger charge is 2.32. The Morgan fingerprint density at radius 1 is 1.19 bits per heavy atom. The van der Waals surface area contributed by atoms with Crippen LogP contribution < -0.4 is 14.8 Å². The number of hydrogen-bond acceptors (Lipinski definition) is 3. The molecule has 0 saturated heterocycles. The van der Waals surface area contributed by atoms with Crippen molar-refractivity contribution in [1.82, 2.24) is 5.32 Å². The summed E-state index contributed by atoms with van der Waals surface area (Å²) >= 11 is 0. The number of rotatable bonds is 4. The molecule has 1 fully saturated rings. The molecule has 1 saturated carbocycles. The van der Waals surface area contributed by atoms with Gasteiger partial charge >= 0.3 is 0 Å². The first kappa shape index (κ1) is 14.2. The zero-order chi connectivity index (χ0) is 14.8. The first-order valence-electron chi connectivity index (χ1n) is 7.85. The Labute approximate surface area is 125 Å². The molecule has 4 heteroatoms. The van der Waals surface area contributed by atoms with E-state index in [0.29, 0.717) is 19.1 Å². The van der Waals surface area contributed by atoms with Gasteiger partial charge in [-0.3, -0.25) is 4.79 Å². The van der Waals surface area contributed by atoms with Crippen LogP contribution in [0.5, 0.6) is 11.5 Å². The zero-order valence-corrected chi connectivity index (χ0v) is 12.7. The average molecular weight is 289 g/mol. The summed E-state index contributed by atoms with van der Waals surface area (Å²) in [5, 5.41) is 3.18. The first-order chi connectivity index (χ1) is 10.1. The van der Waals surface area contributed by atoms with Gasteiger partial charge in [-0.15, -0.1) is 0 Å². The largest absolute Gasteiger partial charge is 0.490 e. The maximum Gasteiger partial charge on any atom is 0.223 e. The van der Waals surface area contributed by atoms with Crippen molar-refractivity contribution in [3.63, 3.8) is 0 Å². The Hall–Kier alpha value is -1.71. The van der Waals surface area contributed by atoms with Gasteiger partial charge in [-0.1, -0.05) is 19.9 Å². The lowest BCUT2D eigenvalue weighted by Crippen LogP contribution is -2.32. The van der Waals surface area contributed by atoms with E-state index in [2.05, 4.69) is 19.2 Å². The summed E-state index contributed by atoms with van der Waals surface area (Å²) < 4.78 is 11.4. The number of ether oxygens (including phenoxy) is 2. The first-order valence-corrected chi connectivity index (χ1v) is 7.85. The SMILES string of the molecule is CC(C)[C@@H](NC(=O)C1CC1)c1ccc2c(c1)OCCCO2. The fourth-order valence-electron chi connectivity index (χ4n) is 2.62. The Balaban J connectivity index is 1.81. The van der Waals surface area contributed by atoms with Gasteiger partial charge < -0.3 is 14.8 Å². The van der Waals surface area contributed by atoms with Crippen molar-refractivity contribution in [1.29, 1.82) is 0 Å². The number of fused-ring (bicyclic) bond motifs is 1. The molecule has 0 unspecified atom stereocenters. The van der Waals surface area contributed by atoms with Crippen LogP contribution in [0.2, 0.25) is 0 Å². The van der Waals surface area contributed by atoms with Crippen LogP contribution in [0.15, 0.2) is 18.2 Å². The number of nitrogens with one attached hydrogen (secondary N) is 1. The Bertz CT molecular complexity index is 523. The van der Waals surface area contributed by atoms with E-state index in [1.165, 1.54) is 0 Å². The number of carbonyl (C=O) groups is 1. The van der Waals surface area contributed by atoms with E-state index < -0.39 is 0 Å². The molecule has 2 aliphatic rings. The van der Waals surface area contributed by atoms with Crippen molar-refractivity contribution < 1.29 is 14.3 Å². The Kier molecular flexibility index (Phi) is 4.04. The van der Waals surface area contributed by atoms with Crippen LogP contribution in [-0.4, -0.2) is 19.1 Å². The molecular formula is C17H23NO3. The molecule has 0 bridgehead atoms. The number of amides is 1. The van der Waals surface area contributed by atoms with Crippen LogP contribution in [0, 0.1) is 11.8 Å². The minimum Gasteiger partial charge on any atom is -0.490 e. The van der Waals surface area contributed by atoms with Gasteiger partial charge in [0.15, 0.2) is 11.5 Å². The minimum absolute atomic E-state index is 0.0234. The number of carbonyl (C=O) groups excluding carboxylic acids is 1. The highest BCUT2D eigenvalue weighted by Crippen LogP contribution is 2.35. The smallest absolute Gasteiger partial charge is 0.223 e. The molecule has 1 aromatic rings. The van der Waals surface area contributed by atoms with Crippen molar-refractivity contribution in [3.8, 4) is 11.5 Å². The summed E-state index contributed by atoms with van der Waals surface area (Å²) in [4.78, 5) is 12.1. The maximum atomic E-state index is 12.1. The average Bonchev–Trinajstić information content (AvgIpc) is 3.29. The van der Waals surface area contributed by atoms with Gasteiger partial charge in [-0.05, 0) is 36.5 Å². The summed E-state index contributed by atoms with van der Waals surface area (Å²) in [7, 11) is 0.